The molecule has 0 aliphatic rings. The highest BCUT2D eigenvalue weighted by Crippen LogP contribution is 2.20. The minimum atomic E-state index is -0.871. The van der Waals surface area contributed by atoms with Crippen LogP contribution < -0.4 is 10.6 Å². The SMILES string of the molecule is COC(=O)CNC(=O)C(Cc1ccccc1)NC(=O)c1cc2cc(Cl)ccc2[nH]1. The van der Waals surface area contributed by atoms with Crippen LogP contribution in [-0.2, 0) is 20.7 Å². The molecule has 0 aliphatic carbocycles. The predicted molar refractivity (Wildman–Crippen MR) is 110 cm³/mol. The number of carbonyl (C=O) groups is 3. The molecule has 2 amide bonds. The van der Waals surface area contributed by atoms with Crippen molar-refractivity contribution in [1.29, 1.82) is 0 Å². The molecule has 0 fully saturated rings. The number of amides is 2. The molecule has 1 aromatic heterocycles. The van der Waals surface area contributed by atoms with Gasteiger partial charge in [0.1, 0.15) is 18.3 Å². The summed E-state index contributed by atoms with van der Waals surface area (Å²) in [7, 11) is 1.24. The van der Waals surface area contributed by atoms with E-state index in [1.807, 2.05) is 30.3 Å². The number of hydrogen-bond donors (Lipinski definition) is 3. The summed E-state index contributed by atoms with van der Waals surface area (Å²) in [5.41, 5.74) is 1.94. The van der Waals surface area contributed by atoms with Crippen molar-refractivity contribution < 1.29 is 19.1 Å². The maximum absolute atomic E-state index is 12.8. The molecule has 8 heteroatoms. The standard InChI is InChI=1S/C21H20ClN3O4/c1-29-19(26)12-23-20(27)17(9-13-5-3-2-4-6-13)25-21(28)18-11-14-10-15(22)7-8-16(14)24-18/h2-8,10-11,17,24H,9,12H2,1H3,(H,23,27)(H,25,28). The molecule has 3 N–H and O–H groups in total. The number of benzene rings is 2. The van der Waals surface area contributed by atoms with Gasteiger partial charge < -0.3 is 20.4 Å². The first-order valence-electron chi connectivity index (χ1n) is 8.94. The number of aromatic amines is 1. The van der Waals surface area contributed by atoms with Crippen LogP contribution in [0.1, 0.15) is 16.1 Å². The number of rotatable bonds is 7. The Morgan fingerprint density at radius 2 is 1.86 bits per heavy atom. The minimum absolute atomic E-state index is 0.269. The van der Waals surface area contributed by atoms with E-state index in [0.29, 0.717) is 10.7 Å². The number of aromatic nitrogens is 1. The monoisotopic (exact) mass is 413 g/mol. The zero-order chi connectivity index (χ0) is 20.8. The van der Waals surface area contributed by atoms with Crippen LogP contribution in [-0.4, -0.2) is 42.5 Å². The molecule has 29 heavy (non-hydrogen) atoms. The summed E-state index contributed by atoms with van der Waals surface area (Å²) >= 11 is 5.99. The van der Waals surface area contributed by atoms with Gasteiger partial charge in [-0.2, -0.15) is 0 Å². The molecule has 0 spiro atoms. The van der Waals surface area contributed by atoms with Crippen LogP contribution in [0.4, 0.5) is 0 Å². The van der Waals surface area contributed by atoms with Crippen LogP contribution in [0.5, 0.6) is 0 Å². The fraction of sp³-hybridized carbons (Fsp3) is 0.190. The quantitative estimate of drug-likeness (QED) is 0.518. The number of ether oxygens (including phenoxy) is 1. The van der Waals surface area contributed by atoms with E-state index in [1.54, 1.807) is 24.3 Å². The van der Waals surface area contributed by atoms with Gasteiger partial charge >= 0.3 is 5.97 Å². The summed E-state index contributed by atoms with van der Waals surface area (Å²) in [5, 5.41) is 6.57. The van der Waals surface area contributed by atoms with Gasteiger partial charge in [0.2, 0.25) is 5.91 Å². The Hall–Kier alpha value is -3.32. The van der Waals surface area contributed by atoms with Crippen molar-refractivity contribution in [1.82, 2.24) is 15.6 Å². The number of halogens is 1. The molecule has 0 aliphatic heterocycles. The molecule has 1 heterocycles. The molecule has 2 aromatic carbocycles. The Bertz CT molecular complexity index is 1030. The van der Waals surface area contributed by atoms with E-state index in [1.165, 1.54) is 7.11 Å². The van der Waals surface area contributed by atoms with E-state index >= 15 is 0 Å². The molecule has 0 bridgehead atoms. The van der Waals surface area contributed by atoms with E-state index < -0.39 is 23.8 Å². The van der Waals surface area contributed by atoms with Crippen LogP contribution in [0.2, 0.25) is 5.02 Å². The van der Waals surface area contributed by atoms with Crippen LogP contribution in [0.3, 0.4) is 0 Å². The number of nitrogens with one attached hydrogen (secondary N) is 3. The number of fused-ring (bicyclic) bond motifs is 1. The van der Waals surface area contributed by atoms with Gasteiger partial charge in [-0.05, 0) is 29.8 Å². The van der Waals surface area contributed by atoms with Gasteiger partial charge in [-0.15, -0.1) is 0 Å². The molecule has 0 saturated carbocycles. The number of hydrogen-bond acceptors (Lipinski definition) is 4. The average Bonchev–Trinajstić information content (AvgIpc) is 3.15. The Kier molecular flexibility index (Phi) is 6.51. The highest BCUT2D eigenvalue weighted by Gasteiger charge is 2.23. The highest BCUT2D eigenvalue weighted by molar-refractivity contribution is 6.31. The number of H-pyrrole nitrogens is 1. The van der Waals surface area contributed by atoms with Gasteiger partial charge in [-0.1, -0.05) is 41.9 Å². The maximum Gasteiger partial charge on any atom is 0.325 e. The number of carbonyl (C=O) groups excluding carboxylic acids is 3. The number of methoxy groups -OCH3 is 1. The topological polar surface area (TPSA) is 100 Å². The summed E-state index contributed by atoms with van der Waals surface area (Å²) < 4.78 is 4.54. The van der Waals surface area contributed by atoms with E-state index in [2.05, 4.69) is 20.4 Å². The lowest BCUT2D eigenvalue weighted by Gasteiger charge is -2.18. The fourth-order valence-electron chi connectivity index (χ4n) is 2.88. The molecule has 1 unspecified atom stereocenters. The second kappa shape index (κ2) is 9.25. The molecule has 0 radical (unpaired) electrons. The third-order valence-corrected chi connectivity index (χ3v) is 4.60. The van der Waals surface area contributed by atoms with Gasteiger partial charge in [-0.3, -0.25) is 14.4 Å². The minimum Gasteiger partial charge on any atom is -0.468 e. The summed E-state index contributed by atoms with van der Waals surface area (Å²) in [6, 6.07) is 15.3. The van der Waals surface area contributed by atoms with Gasteiger partial charge in [-0.25, -0.2) is 0 Å². The second-order valence-corrected chi connectivity index (χ2v) is 6.86. The largest absolute Gasteiger partial charge is 0.468 e. The van der Waals surface area contributed by atoms with Gasteiger partial charge in [0.25, 0.3) is 5.91 Å². The summed E-state index contributed by atoms with van der Waals surface area (Å²) in [6.45, 7) is -0.276. The first-order valence-corrected chi connectivity index (χ1v) is 9.31. The lowest BCUT2D eigenvalue weighted by atomic mass is 10.0. The second-order valence-electron chi connectivity index (χ2n) is 6.42. The highest BCUT2D eigenvalue weighted by atomic mass is 35.5. The molecular weight excluding hydrogens is 394 g/mol. The Morgan fingerprint density at radius 3 is 2.59 bits per heavy atom. The van der Waals surface area contributed by atoms with Crippen molar-refractivity contribution in [3.8, 4) is 0 Å². The molecule has 3 rings (SSSR count). The van der Waals surface area contributed by atoms with Gasteiger partial charge in [0.15, 0.2) is 0 Å². The molecular formula is C21H20ClN3O4. The van der Waals surface area contributed by atoms with Crippen LogP contribution in [0.15, 0.2) is 54.6 Å². The smallest absolute Gasteiger partial charge is 0.325 e. The lowest BCUT2D eigenvalue weighted by Crippen LogP contribution is -2.49. The Labute approximate surface area is 172 Å². The van der Waals surface area contributed by atoms with Gasteiger partial charge in [0, 0.05) is 22.3 Å². The van der Waals surface area contributed by atoms with Crippen molar-refractivity contribution >= 4 is 40.3 Å². The third-order valence-electron chi connectivity index (χ3n) is 4.37. The molecule has 7 nitrogen and oxygen atoms in total. The van der Waals surface area contributed by atoms with Crippen molar-refractivity contribution in [3.63, 3.8) is 0 Å². The van der Waals surface area contributed by atoms with E-state index in [4.69, 9.17) is 11.6 Å². The normalized spacial score (nSPS) is 11.7. The van der Waals surface area contributed by atoms with Crippen molar-refractivity contribution in [2.24, 2.45) is 0 Å². The van der Waals surface area contributed by atoms with Crippen molar-refractivity contribution in [2.45, 2.75) is 12.5 Å². The zero-order valence-electron chi connectivity index (χ0n) is 15.7. The van der Waals surface area contributed by atoms with Crippen LogP contribution in [0.25, 0.3) is 10.9 Å². The van der Waals surface area contributed by atoms with Crippen LogP contribution >= 0.6 is 11.6 Å². The molecule has 150 valence electrons. The lowest BCUT2D eigenvalue weighted by molar-refractivity contribution is -0.141. The first-order chi connectivity index (χ1) is 14.0. The molecule has 3 aromatic rings. The van der Waals surface area contributed by atoms with Crippen molar-refractivity contribution in [3.05, 3.63) is 70.9 Å². The Balaban J connectivity index is 1.77. The van der Waals surface area contributed by atoms with E-state index in [0.717, 1.165) is 16.5 Å². The van der Waals surface area contributed by atoms with E-state index in [-0.39, 0.29) is 13.0 Å². The summed E-state index contributed by atoms with van der Waals surface area (Å²) in [4.78, 5) is 39.7. The molecule has 0 saturated heterocycles. The van der Waals surface area contributed by atoms with Crippen LogP contribution in [0, 0.1) is 0 Å². The molecule has 1 atom stereocenters. The first kappa shape index (κ1) is 20.4. The van der Waals surface area contributed by atoms with Gasteiger partial charge in [0.05, 0.1) is 7.11 Å². The predicted octanol–water partition coefficient (Wildman–Crippen LogP) is 2.45. The Morgan fingerprint density at radius 1 is 1.10 bits per heavy atom. The van der Waals surface area contributed by atoms with Crippen molar-refractivity contribution in [2.75, 3.05) is 13.7 Å². The fourth-order valence-corrected chi connectivity index (χ4v) is 3.06. The summed E-state index contributed by atoms with van der Waals surface area (Å²) in [6.07, 6.45) is 0.269. The third kappa shape index (κ3) is 5.36. The summed E-state index contributed by atoms with van der Waals surface area (Å²) in [5.74, 6) is -1.49. The van der Waals surface area contributed by atoms with E-state index in [9.17, 15) is 14.4 Å². The maximum atomic E-state index is 12.8. The number of esters is 1. The zero-order valence-corrected chi connectivity index (χ0v) is 16.5. The average molecular weight is 414 g/mol.